The predicted octanol–water partition coefficient (Wildman–Crippen LogP) is 5.86. The smallest absolute Gasteiger partial charge is 0.196 e. The monoisotopic (exact) mass is 431 g/mol. The molecule has 4 rings (SSSR count). The fourth-order valence-electron chi connectivity index (χ4n) is 3.39. The van der Waals surface area contributed by atoms with E-state index < -0.39 is 0 Å². The molecule has 0 bridgehead atoms. The van der Waals surface area contributed by atoms with Crippen molar-refractivity contribution in [1.29, 1.82) is 0 Å². The number of aryl methyl sites for hydroxylation is 2. The Morgan fingerprint density at radius 3 is 2.29 bits per heavy atom. The highest BCUT2D eigenvalue weighted by molar-refractivity contribution is 7.98. The molecule has 0 radical (unpaired) electrons. The van der Waals surface area contributed by atoms with Crippen molar-refractivity contribution >= 4 is 11.8 Å². The summed E-state index contributed by atoms with van der Waals surface area (Å²) < 4.78 is 13.0. The zero-order chi connectivity index (χ0) is 21.8. The predicted molar refractivity (Wildman–Crippen MR) is 125 cm³/mol. The highest BCUT2D eigenvalue weighted by Crippen LogP contribution is 2.35. The lowest BCUT2D eigenvalue weighted by atomic mass is 10.1. The van der Waals surface area contributed by atoms with Crippen LogP contribution in [0.25, 0.3) is 17.1 Å². The molecule has 0 unspecified atom stereocenters. The van der Waals surface area contributed by atoms with Gasteiger partial charge in [-0.2, -0.15) is 0 Å². The molecule has 0 saturated heterocycles. The molecule has 3 aromatic carbocycles. The van der Waals surface area contributed by atoms with E-state index in [4.69, 9.17) is 9.47 Å². The van der Waals surface area contributed by atoms with Gasteiger partial charge in [0.15, 0.2) is 22.5 Å². The van der Waals surface area contributed by atoms with Gasteiger partial charge in [-0.15, -0.1) is 10.2 Å². The Labute approximate surface area is 187 Å². The van der Waals surface area contributed by atoms with Crippen LogP contribution in [0.2, 0.25) is 0 Å². The number of hydrogen-bond donors (Lipinski definition) is 0. The van der Waals surface area contributed by atoms with Crippen LogP contribution in [-0.4, -0.2) is 29.0 Å². The number of aromatic nitrogens is 3. The largest absolute Gasteiger partial charge is 0.493 e. The average Bonchev–Trinajstić information content (AvgIpc) is 3.22. The number of para-hydroxylation sites is 1. The summed E-state index contributed by atoms with van der Waals surface area (Å²) >= 11 is 1.68. The molecular weight excluding hydrogens is 406 g/mol. The molecule has 0 N–H and O–H groups in total. The van der Waals surface area contributed by atoms with Gasteiger partial charge in [0, 0.05) is 11.3 Å². The Hall–Kier alpha value is -3.25. The van der Waals surface area contributed by atoms with Gasteiger partial charge in [-0.3, -0.25) is 4.57 Å². The van der Waals surface area contributed by atoms with E-state index in [0.29, 0.717) is 11.5 Å². The number of benzene rings is 3. The van der Waals surface area contributed by atoms with Gasteiger partial charge in [0.25, 0.3) is 0 Å². The van der Waals surface area contributed by atoms with Crippen LogP contribution in [0.4, 0.5) is 0 Å². The van der Waals surface area contributed by atoms with Gasteiger partial charge < -0.3 is 9.47 Å². The first-order chi connectivity index (χ1) is 15.1. The van der Waals surface area contributed by atoms with E-state index in [1.165, 1.54) is 11.1 Å². The summed E-state index contributed by atoms with van der Waals surface area (Å²) in [5.41, 5.74) is 5.63. The maximum Gasteiger partial charge on any atom is 0.196 e. The fourth-order valence-corrected chi connectivity index (χ4v) is 4.29. The highest BCUT2D eigenvalue weighted by Gasteiger charge is 2.19. The van der Waals surface area contributed by atoms with E-state index in [-0.39, 0.29) is 0 Å². The van der Waals surface area contributed by atoms with E-state index >= 15 is 0 Å². The third kappa shape index (κ3) is 4.44. The zero-order valence-corrected chi connectivity index (χ0v) is 18.9. The lowest BCUT2D eigenvalue weighted by molar-refractivity contribution is 0.355. The van der Waals surface area contributed by atoms with Crippen LogP contribution < -0.4 is 9.47 Å². The van der Waals surface area contributed by atoms with Crippen molar-refractivity contribution < 1.29 is 9.47 Å². The minimum absolute atomic E-state index is 0.660. The first kappa shape index (κ1) is 21.0. The van der Waals surface area contributed by atoms with Crippen LogP contribution >= 0.6 is 11.8 Å². The Bertz CT molecular complexity index is 1190. The molecule has 5 nitrogen and oxygen atoms in total. The summed E-state index contributed by atoms with van der Waals surface area (Å²) in [4.78, 5) is 0. The SMILES string of the molecule is COc1ccc(-c2nnc(SCc3ccc(C)cc3)n2-c2ccccc2C)cc1OC. The molecule has 6 heteroatoms. The number of nitrogens with zero attached hydrogens (tertiary/aromatic N) is 3. The molecule has 1 heterocycles. The maximum absolute atomic E-state index is 5.50. The van der Waals surface area contributed by atoms with Crippen LogP contribution in [0.15, 0.2) is 71.9 Å². The Morgan fingerprint density at radius 2 is 1.58 bits per heavy atom. The number of hydrogen-bond acceptors (Lipinski definition) is 5. The molecule has 0 aliphatic rings. The molecule has 0 saturated carbocycles. The van der Waals surface area contributed by atoms with Crippen LogP contribution in [-0.2, 0) is 5.75 Å². The van der Waals surface area contributed by atoms with Crippen molar-refractivity contribution in [1.82, 2.24) is 14.8 Å². The van der Waals surface area contributed by atoms with E-state index in [1.54, 1.807) is 26.0 Å². The third-order valence-corrected chi connectivity index (χ3v) is 6.12. The molecule has 1 aromatic heterocycles. The average molecular weight is 432 g/mol. The normalized spacial score (nSPS) is 10.8. The summed E-state index contributed by atoms with van der Waals surface area (Å²) in [6.07, 6.45) is 0. The summed E-state index contributed by atoms with van der Waals surface area (Å²) in [5.74, 6) is 2.92. The van der Waals surface area contributed by atoms with Gasteiger partial charge in [-0.25, -0.2) is 0 Å². The second kappa shape index (κ2) is 9.27. The number of rotatable bonds is 7. The van der Waals surface area contributed by atoms with Gasteiger partial charge in [0.05, 0.1) is 19.9 Å². The van der Waals surface area contributed by atoms with Crippen molar-refractivity contribution in [3.05, 3.63) is 83.4 Å². The van der Waals surface area contributed by atoms with Crippen LogP contribution in [0.1, 0.15) is 16.7 Å². The van der Waals surface area contributed by atoms with Crippen LogP contribution in [0.3, 0.4) is 0 Å². The van der Waals surface area contributed by atoms with Gasteiger partial charge >= 0.3 is 0 Å². The summed E-state index contributed by atoms with van der Waals surface area (Å²) in [5, 5.41) is 9.95. The first-order valence-electron chi connectivity index (χ1n) is 10.0. The van der Waals surface area contributed by atoms with E-state index in [2.05, 4.69) is 65.0 Å². The molecule has 0 spiro atoms. The third-order valence-electron chi connectivity index (χ3n) is 5.12. The minimum Gasteiger partial charge on any atom is -0.493 e. The summed E-state index contributed by atoms with van der Waals surface area (Å²) in [7, 11) is 3.27. The molecule has 4 aromatic rings. The van der Waals surface area contributed by atoms with Crippen molar-refractivity contribution in [3.8, 4) is 28.6 Å². The first-order valence-corrected chi connectivity index (χ1v) is 11.0. The van der Waals surface area contributed by atoms with E-state index in [9.17, 15) is 0 Å². The van der Waals surface area contributed by atoms with Crippen molar-refractivity contribution in [3.63, 3.8) is 0 Å². The van der Waals surface area contributed by atoms with Crippen molar-refractivity contribution in [2.75, 3.05) is 14.2 Å². The minimum atomic E-state index is 0.660. The molecular formula is C25H25N3O2S. The van der Waals surface area contributed by atoms with Crippen LogP contribution in [0, 0.1) is 13.8 Å². The Morgan fingerprint density at radius 1 is 0.839 bits per heavy atom. The zero-order valence-electron chi connectivity index (χ0n) is 18.1. The molecule has 0 amide bonds. The van der Waals surface area contributed by atoms with Crippen molar-refractivity contribution in [2.45, 2.75) is 24.8 Å². The number of thioether (sulfide) groups is 1. The van der Waals surface area contributed by atoms with Gasteiger partial charge in [-0.05, 0) is 49.2 Å². The molecule has 0 aliphatic carbocycles. The second-order valence-corrected chi connectivity index (χ2v) is 8.21. The molecule has 158 valence electrons. The molecule has 31 heavy (non-hydrogen) atoms. The Kier molecular flexibility index (Phi) is 6.28. The highest BCUT2D eigenvalue weighted by atomic mass is 32.2. The fraction of sp³-hybridized carbons (Fsp3) is 0.200. The van der Waals surface area contributed by atoms with Crippen LogP contribution in [0.5, 0.6) is 11.5 Å². The quantitative estimate of drug-likeness (QED) is 0.343. The van der Waals surface area contributed by atoms with Gasteiger partial charge in [0.1, 0.15) is 0 Å². The lowest BCUT2D eigenvalue weighted by Crippen LogP contribution is -2.02. The molecule has 0 fully saturated rings. The number of methoxy groups -OCH3 is 2. The maximum atomic E-state index is 5.50. The van der Waals surface area contributed by atoms with Crippen molar-refractivity contribution in [2.24, 2.45) is 0 Å². The Balaban J connectivity index is 1.77. The van der Waals surface area contributed by atoms with E-state index in [1.807, 2.05) is 30.3 Å². The topological polar surface area (TPSA) is 49.2 Å². The number of ether oxygens (including phenoxy) is 2. The lowest BCUT2D eigenvalue weighted by Gasteiger charge is -2.14. The summed E-state index contributed by atoms with van der Waals surface area (Å²) in [6, 6.07) is 22.7. The standard InChI is InChI=1S/C25H25N3O2S/c1-17-9-11-19(12-10-17)16-31-25-27-26-24(28(25)21-8-6-5-7-18(21)2)20-13-14-22(29-3)23(15-20)30-4/h5-15H,16H2,1-4H3. The van der Waals surface area contributed by atoms with Gasteiger partial charge in [0.2, 0.25) is 0 Å². The van der Waals surface area contributed by atoms with E-state index in [0.717, 1.165) is 33.5 Å². The molecule has 0 atom stereocenters. The molecule has 0 aliphatic heterocycles. The summed E-state index contributed by atoms with van der Waals surface area (Å²) in [6.45, 7) is 4.20. The second-order valence-electron chi connectivity index (χ2n) is 7.27. The van der Waals surface area contributed by atoms with Gasteiger partial charge in [-0.1, -0.05) is 59.8 Å².